The maximum absolute atomic E-state index is 5.29. The van der Waals surface area contributed by atoms with Crippen LogP contribution in [-0.4, -0.2) is 26.4 Å². The lowest BCUT2D eigenvalue weighted by molar-refractivity contribution is 0.195. The zero-order chi connectivity index (χ0) is 9.80. The van der Waals surface area contributed by atoms with E-state index in [9.17, 15) is 0 Å². The van der Waals surface area contributed by atoms with Gasteiger partial charge in [0, 0.05) is 12.3 Å². The van der Waals surface area contributed by atoms with Crippen LogP contribution in [-0.2, 0) is 4.74 Å². The Hall–Kier alpha value is -1.22. The predicted molar refractivity (Wildman–Crippen MR) is 55.8 cm³/mol. The summed E-state index contributed by atoms with van der Waals surface area (Å²) in [4.78, 5) is 0. The van der Waals surface area contributed by atoms with Crippen molar-refractivity contribution in [3.05, 3.63) is 24.3 Å². The van der Waals surface area contributed by atoms with E-state index < -0.39 is 0 Å². The molecule has 14 heavy (non-hydrogen) atoms. The van der Waals surface area contributed by atoms with Gasteiger partial charge in [-0.25, -0.2) is 0 Å². The fourth-order valence-electron chi connectivity index (χ4n) is 1.57. The van der Waals surface area contributed by atoms with E-state index in [-0.39, 0.29) is 0 Å². The van der Waals surface area contributed by atoms with Gasteiger partial charge >= 0.3 is 0 Å². The SMILES string of the molecule is COc1ccc(N[C@@H]2CCOC2)cc1. The topological polar surface area (TPSA) is 30.5 Å². The molecule has 0 bridgehead atoms. The first-order valence-corrected chi connectivity index (χ1v) is 4.87. The monoisotopic (exact) mass is 193 g/mol. The molecule has 3 heteroatoms. The van der Waals surface area contributed by atoms with E-state index in [4.69, 9.17) is 9.47 Å². The van der Waals surface area contributed by atoms with Gasteiger partial charge in [0.2, 0.25) is 0 Å². The molecular weight excluding hydrogens is 178 g/mol. The van der Waals surface area contributed by atoms with Gasteiger partial charge in [-0.2, -0.15) is 0 Å². The van der Waals surface area contributed by atoms with Crippen LogP contribution in [0.4, 0.5) is 5.69 Å². The fourth-order valence-corrected chi connectivity index (χ4v) is 1.57. The highest BCUT2D eigenvalue weighted by Gasteiger charge is 2.14. The molecule has 0 amide bonds. The number of rotatable bonds is 3. The maximum Gasteiger partial charge on any atom is 0.119 e. The Balaban J connectivity index is 1.95. The van der Waals surface area contributed by atoms with Gasteiger partial charge < -0.3 is 14.8 Å². The minimum Gasteiger partial charge on any atom is -0.497 e. The van der Waals surface area contributed by atoms with Gasteiger partial charge in [0.1, 0.15) is 5.75 Å². The molecule has 0 radical (unpaired) electrons. The lowest BCUT2D eigenvalue weighted by Gasteiger charge is -2.12. The van der Waals surface area contributed by atoms with Crippen LogP contribution in [0.25, 0.3) is 0 Å². The van der Waals surface area contributed by atoms with Gasteiger partial charge in [0.25, 0.3) is 0 Å². The second kappa shape index (κ2) is 4.33. The second-order valence-corrected chi connectivity index (χ2v) is 3.43. The van der Waals surface area contributed by atoms with E-state index >= 15 is 0 Å². The van der Waals surface area contributed by atoms with E-state index in [0.717, 1.165) is 31.1 Å². The third kappa shape index (κ3) is 2.17. The third-order valence-electron chi connectivity index (χ3n) is 2.39. The smallest absolute Gasteiger partial charge is 0.119 e. The van der Waals surface area contributed by atoms with Gasteiger partial charge in [0.15, 0.2) is 0 Å². The Morgan fingerprint density at radius 1 is 1.36 bits per heavy atom. The summed E-state index contributed by atoms with van der Waals surface area (Å²) in [5.41, 5.74) is 1.13. The number of benzene rings is 1. The molecule has 1 aromatic carbocycles. The van der Waals surface area contributed by atoms with Crippen molar-refractivity contribution in [2.45, 2.75) is 12.5 Å². The molecule has 3 nitrogen and oxygen atoms in total. The zero-order valence-corrected chi connectivity index (χ0v) is 8.32. The van der Waals surface area contributed by atoms with Crippen molar-refractivity contribution in [3.8, 4) is 5.75 Å². The summed E-state index contributed by atoms with van der Waals surface area (Å²) >= 11 is 0. The van der Waals surface area contributed by atoms with Crippen molar-refractivity contribution in [3.63, 3.8) is 0 Å². The number of hydrogen-bond donors (Lipinski definition) is 1. The van der Waals surface area contributed by atoms with Crippen molar-refractivity contribution < 1.29 is 9.47 Å². The molecule has 1 atom stereocenters. The molecule has 1 heterocycles. The quantitative estimate of drug-likeness (QED) is 0.795. The molecule has 1 fully saturated rings. The van der Waals surface area contributed by atoms with Gasteiger partial charge in [0.05, 0.1) is 19.8 Å². The lowest BCUT2D eigenvalue weighted by Crippen LogP contribution is -2.18. The molecule has 1 saturated heterocycles. The largest absolute Gasteiger partial charge is 0.497 e. The molecule has 1 aliphatic heterocycles. The molecule has 0 spiro atoms. The normalized spacial score (nSPS) is 20.8. The summed E-state index contributed by atoms with van der Waals surface area (Å²) in [5.74, 6) is 0.887. The van der Waals surface area contributed by atoms with Crippen LogP contribution in [0.3, 0.4) is 0 Å². The van der Waals surface area contributed by atoms with E-state index in [0.29, 0.717) is 6.04 Å². The van der Waals surface area contributed by atoms with Crippen molar-refractivity contribution in [1.82, 2.24) is 0 Å². The molecule has 2 rings (SSSR count). The van der Waals surface area contributed by atoms with Gasteiger partial charge in [-0.05, 0) is 30.7 Å². The Labute approximate surface area is 84.0 Å². The van der Waals surface area contributed by atoms with Crippen molar-refractivity contribution in [2.75, 3.05) is 25.6 Å². The Morgan fingerprint density at radius 3 is 2.71 bits per heavy atom. The Morgan fingerprint density at radius 2 is 2.14 bits per heavy atom. The standard InChI is InChI=1S/C11H15NO2/c1-13-11-4-2-9(3-5-11)12-10-6-7-14-8-10/h2-5,10,12H,6-8H2,1H3/t10-/m1/s1. The van der Waals surface area contributed by atoms with Crippen LogP contribution in [0.2, 0.25) is 0 Å². The maximum atomic E-state index is 5.29. The average Bonchev–Trinajstić information content (AvgIpc) is 2.72. The van der Waals surface area contributed by atoms with Crippen LogP contribution in [0.1, 0.15) is 6.42 Å². The molecular formula is C11H15NO2. The van der Waals surface area contributed by atoms with Gasteiger partial charge in [-0.15, -0.1) is 0 Å². The van der Waals surface area contributed by atoms with Crippen LogP contribution >= 0.6 is 0 Å². The van der Waals surface area contributed by atoms with Gasteiger partial charge in [-0.1, -0.05) is 0 Å². The van der Waals surface area contributed by atoms with E-state index in [1.807, 2.05) is 24.3 Å². The summed E-state index contributed by atoms with van der Waals surface area (Å²) in [5, 5.41) is 3.41. The molecule has 0 unspecified atom stereocenters. The number of nitrogens with one attached hydrogen (secondary N) is 1. The van der Waals surface area contributed by atoms with E-state index in [2.05, 4.69) is 5.32 Å². The number of anilines is 1. The summed E-state index contributed by atoms with van der Waals surface area (Å²) in [6.07, 6.45) is 1.09. The minimum atomic E-state index is 0.461. The Kier molecular flexibility index (Phi) is 2.89. The van der Waals surface area contributed by atoms with Crippen LogP contribution < -0.4 is 10.1 Å². The fraction of sp³-hybridized carbons (Fsp3) is 0.455. The van der Waals surface area contributed by atoms with Crippen molar-refractivity contribution >= 4 is 5.69 Å². The van der Waals surface area contributed by atoms with Gasteiger partial charge in [-0.3, -0.25) is 0 Å². The van der Waals surface area contributed by atoms with Crippen LogP contribution in [0, 0.1) is 0 Å². The molecule has 0 saturated carbocycles. The first-order chi connectivity index (χ1) is 6.88. The van der Waals surface area contributed by atoms with E-state index in [1.165, 1.54) is 0 Å². The van der Waals surface area contributed by atoms with Crippen LogP contribution in [0.5, 0.6) is 5.75 Å². The molecule has 0 aliphatic carbocycles. The Bertz CT molecular complexity index is 278. The highest BCUT2D eigenvalue weighted by atomic mass is 16.5. The molecule has 0 aromatic heterocycles. The zero-order valence-electron chi connectivity index (χ0n) is 8.32. The first-order valence-electron chi connectivity index (χ1n) is 4.87. The third-order valence-corrected chi connectivity index (χ3v) is 2.39. The summed E-state index contributed by atoms with van der Waals surface area (Å²) in [7, 11) is 1.67. The second-order valence-electron chi connectivity index (χ2n) is 3.43. The average molecular weight is 193 g/mol. The van der Waals surface area contributed by atoms with Crippen molar-refractivity contribution in [2.24, 2.45) is 0 Å². The highest BCUT2D eigenvalue weighted by Crippen LogP contribution is 2.17. The molecule has 1 N–H and O–H groups in total. The van der Waals surface area contributed by atoms with Crippen LogP contribution in [0.15, 0.2) is 24.3 Å². The summed E-state index contributed by atoms with van der Waals surface area (Å²) in [6, 6.07) is 8.42. The summed E-state index contributed by atoms with van der Waals surface area (Å²) < 4.78 is 10.4. The summed E-state index contributed by atoms with van der Waals surface area (Å²) in [6.45, 7) is 1.68. The van der Waals surface area contributed by atoms with E-state index in [1.54, 1.807) is 7.11 Å². The minimum absolute atomic E-state index is 0.461. The number of ether oxygens (including phenoxy) is 2. The molecule has 1 aliphatic rings. The highest BCUT2D eigenvalue weighted by molar-refractivity contribution is 5.47. The molecule has 1 aromatic rings. The van der Waals surface area contributed by atoms with Crippen molar-refractivity contribution in [1.29, 1.82) is 0 Å². The number of hydrogen-bond acceptors (Lipinski definition) is 3. The lowest BCUT2D eigenvalue weighted by atomic mass is 10.2. The first kappa shape index (κ1) is 9.34. The molecule has 76 valence electrons. The number of methoxy groups -OCH3 is 1. The predicted octanol–water partition coefficient (Wildman–Crippen LogP) is 1.90.